The summed E-state index contributed by atoms with van der Waals surface area (Å²) in [5.74, 6) is -0.475. The zero-order valence-electron chi connectivity index (χ0n) is 14.8. The number of fused-ring (bicyclic) bond motifs is 2. The first kappa shape index (κ1) is 17.8. The van der Waals surface area contributed by atoms with Crippen LogP contribution in [0.4, 0.5) is 0 Å². The molecule has 0 radical (unpaired) electrons. The first-order valence-corrected chi connectivity index (χ1v) is 9.18. The third kappa shape index (κ3) is 3.04. The van der Waals surface area contributed by atoms with Crippen molar-refractivity contribution in [1.29, 1.82) is 0 Å². The van der Waals surface area contributed by atoms with Crippen molar-refractivity contribution in [3.8, 4) is 0 Å². The van der Waals surface area contributed by atoms with Crippen LogP contribution in [0, 0.1) is 0 Å². The van der Waals surface area contributed by atoms with E-state index in [1.807, 2.05) is 6.07 Å². The first-order chi connectivity index (χ1) is 14.1. The van der Waals surface area contributed by atoms with Gasteiger partial charge in [-0.15, -0.1) is 0 Å². The number of imidazole rings is 1. The van der Waals surface area contributed by atoms with Crippen LogP contribution in [0.1, 0.15) is 16.6 Å². The SMILES string of the molecule is O=C(OCC1OC(n2cnc3c(=O)[nH]cnc32)C2OC(=S)OC12)c1ccccc1. The second-order valence-corrected chi connectivity index (χ2v) is 6.83. The van der Waals surface area contributed by atoms with Crippen LogP contribution >= 0.6 is 12.2 Å². The lowest BCUT2D eigenvalue weighted by molar-refractivity contribution is -0.0648. The Morgan fingerprint density at radius 1 is 1.21 bits per heavy atom. The average Bonchev–Trinajstić information content (AvgIpc) is 3.41. The highest BCUT2D eigenvalue weighted by molar-refractivity contribution is 7.79. The normalized spacial score (nSPS) is 25.4. The van der Waals surface area contributed by atoms with E-state index >= 15 is 0 Å². The number of ether oxygens (including phenoxy) is 4. The zero-order valence-corrected chi connectivity index (χ0v) is 15.6. The fraction of sp³-hybridized carbons (Fsp3) is 0.278. The van der Waals surface area contributed by atoms with E-state index in [9.17, 15) is 9.59 Å². The van der Waals surface area contributed by atoms with E-state index in [0.29, 0.717) is 11.2 Å². The van der Waals surface area contributed by atoms with Crippen LogP contribution in [0.2, 0.25) is 0 Å². The number of hydrogen-bond acceptors (Lipinski definition) is 9. The number of H-pyrrole nitrogens is 1. The average molecular weight is 414 g/mol. The van der Waals surface area contributed by atoms with Gasteiger partial charge < -0.3 is 23.9 Å². The Hall–Kier alpha value is -3.31. The smallest absolute Gasteiger partial charge is 0.353 e. The summed E-state index contributed by atoms with van der Waals surface area (Å²) in [6.45, 7) is -0.0575. The second-order valence-electron chi connectivity index (χ2n) is 6.50. The Balaban J connectivity index is 1.39. The van der Waals surface area contributed by atoms with E-state index in [1.54, 1.807) is 28.8 Å². The number of benzene rings is 1. The van der Waals surface area contributed by atoms with Crippen molar-refractivity contribution in [2.45, 2.75) is 24.5 Å². The van der Waals surface area contributed by atoms with E-state index in [0.717, 1.165) is 0 Å². The molecule has 29 heavy (non-hydrogen) atoms. The monoisotopic (exact) mass is 414 g/mol. The number of rotatable bonds is 4. The van der Waals surface area contributed by atoms with Crippen LogP contribution in [-0.4, -0.2) is 55.6 Å². The Labute approximate surface area is 168 Å². The molecule has 2 saturated heterocycles. The highest BCUT2D eigenvalue weighted by Gasteiger charge is 2.54. The van der Waals surface area contributed by atoms with Gasteiger partial charge in [0, 0.05) is 12.2 Å². The highest BCUT2D eigenvalue weighted by Crippen LogP contribution is 2.39. The molecule has 2 aliphatic rings. The molecular formula is C18H14N4O6S. The van der Waals surface area contributed by atoms with Crippen LogP contribution in [-0.2, 0) is 18.9 Å². The van der Waals surface area contributed by atoms with Gasteiger partial charge in [-0.1, -0.05) is 18.2 Å². The molecule has 10 nitrogen and oxygen atoms in total. The molecule has 0 amide bonds. The number of nitrogens with one attached hydrogen (secondary N) is 1. The van der Waals surface area contributed by atoms with Gasteiger partial charge in [-0.2, -0.15) is 0 Å². The summed E-state index contributed by atoms with van der Waals surface area (Å²) in [5.41, 5.74) is 0.575. The second kappa shape index (κ2) is 6.94. The lowest BCUT2D eigenvalue weighted by Gasteiger charge is -2.18. The summed E-state index contributed by atoms with van der Waals surface area (Å²) in [7, 11) is 0. The van der Waals surface area contributed by atoms with Crippen LogP contribution in [0.3, 0.4) is 0 Å². The Bertz CT molecular complexity index is 1150. The number of aromatic amines is 1. The third-order valence-corrected chi connectivity index (χ3v) is 4.97. The van der Waals surface area contributed by atoms with Crippen molar-refractivity contribution in [2.75, 3.05) is 6.61 Å². The lowest BCUT2D eigenvalue weighted by atomic mass is 10.1. The van der Waals surface area contributed by atoms with Crippen molar-refractivity contribution in [3.05, 3.63) is 58.9 Å². The Morgan fingerprint density at radius 2 is 2.00 bits per heavy atom. The molecule has 0 saturated carbocycles. The first-order valence-electron chi connectivity index (χ1n) is 8.77. The van der Waals surface area contributed by atoms with E-state index in [2.05, 4.69) is 15.0 Å². The van der Waals surface area contributed by atoms with Crippen molar-refractivity contribution >= 4 is 34.6 Å². The molecule has 2 fully saturated rings. The Morgan fingerprint density at radius 3 is 2.83 bits per heavy atom. The summed E-state index contributed by atoms with van der Waals surface area (Å²) < 4.78 is 24.2. The molecule has 2 aliphatic heterocycles. The molecule has 0 bridgehead atoms. The predicted octanol–water partition coefficient (Wildman–Crippen LogP) is 0.943. The molecule has 4 unspecified atom stereocenters. The van der Waals surface area contributed by atoms with Crippen molar-refractivity contribution in [3.63, 3.8) is 0 Å². The van der Waals surface area contributed by atoms with E-state index in [-0.39, 0.29) is 22.9 Å². The molecule has 148 valence electrons. The zero-order chi connectivity index (χ0) is 20.0. The molecule has 1 N–H and O–H groups in total. The summed E-state index contributed by atoms with van der Waals surface area (Å²) in [5, 5.41) is -0.0112. The third-order valence-electron chi connectivity index (χ3n) is 4.78. The van der Waals surface area contributed by atoms with Gasteiger partial charge in [0.1, 0.15) is 12.7 Å². The number of thiocarbonyl (C=S) groups is 1. The molecule has 1 aromatic carbocycles. The maximum Gasteiger partial charge on any atom is 0.353 e. The molecular weight excluding hydrogens is 400 g/mol. The topological polar surface area (TPSA) is 118 Å². The molecule has 5 rings (SSSR count). The summed E-state index contributed by atoms with van der Waals surface area (Å²) in [6, 6.07) is 8.63. The van der Waals surface area contributed by atoms with Crippen LogP contribution in [0.15, 0.2) is 47.8 Å². The molecule has 0 spiro atoms. The van der Waals surface area contributed by atoms with Gasteiger partial charge in [0.15, 0.2) is 29.6 Å². The van der Waals surface area contributed by atoms with Gasteiger partial charge in [0.05, 0.1) is 18.2 Å². The van der Waals surface area contributed by atoms with Crippen molar-refractivity contribution in [1.82, 2.24) is 19.5 Å². The van der Waals surface area contributed by atoms with Gasteiger partial charge in [-0.05, 0) is 12.1 Å². The number of nitrogens with zero attached hydrogens (tertiary/aromatic N) is 3. The molecule has 0 aliphatic carbocycles. The van der Waals surface area contributed by atoms with Gasteiger partial charge in [-0.3, -0.25) is 9.36 Å². The van der Waals surface area contributed by atoms with Crippen molar-refractivity contribution < 1.29 is 23.7 Å². The summed E-state index contributed by atoms with van der Waals surface area (Å²) in [6.07, 6.45) is 0.220. The standard InChI is InChI=1S/C18H14N4O6S/c23-15-11-14(19-7-20-15)22(8-21-11)16-13-12(27-18(29)28-13)10(26-16)6-25-17(24)9-4-2-1-3-5-9/h1-5,7-8,10,12-13,16H,6H2,(H,19,20,23). The minimum atomic E-state index is -0.708. The van der Waals surface area contributed by atoms with Crippen LogP contribution < -0.4 is 5.56 Å². The molecule has 11 heteroatoms. The molecule has 4 heterocycles. The largest absolute Gasteiger partial charge is 0.459 e. The van der Waals surface area contributed by atoms with Gasteiger partial charge in [-0.25, -0.2) is 14.8 Å². The van der Waals surface area contributed by atoms with Crippen LogP contribution in [0.5, 0.6) is 0 Å². The van der Waals surface area contributed by atoms with Crippen molar-refractivity contribution in [2.24, 2.45) is 0 Å². The highest BCUT2D eigenvalue weighted by atomic mass is 32.1. The summed E-state index contributed by atoms with van der Waals surface area (Å²) >= 11 is 5.03. The fourth-order valence-electron chi connectivity index (χ4n) is 3.45. The minimum Gasteiger partial charge on any atom is -0.459 e. The Kier molecular flexibility index (Phi) is 4.25. The van der Waals surface area contributed by atoms with E-state index in [1.165, 1.54) is 12.7 Å². The van der Waals surface area contributed by atoms with E-state index < -0.39 is 30.5 Å². The van der Waals surface area contributed by atoms with E-state index in [4.69, 9.17) is 31.2 Å². The molecule has 2 aromatic heterocycles. The number of esters is 1. The van der Waals surface area contributed by atoms with Gasteiger partial charge in [0.2, 0.25) is 0 Å². The fourth-order valence-corrected chi connectivity index (χ4v) is 3.67. The maximum absolute atomic E-state index is 12.2. The lowest BCUT2D eigenvalue weighted by Crippen LogP contribution is -2.32. The summed E-state index contributed by atoms with van der Waals surface area (Å²) in [4.78, 5) is 34.9. The maximum atomic E-state index is 12.2. The number of carbonyl (C=O) groups is 1. The molecule has 4 atom stereocenters. The number of aromatic nitrogens is 4. The number of carbonyl (C=O) groups excluding carboxylic acids is 1. The number of hydrogen-bond donors (Lipinski definition) is 1. The molecule has 3 aromatic rings. The van der Waals surface area contributed by atoms with Gasteiger partial charge >= 0.3 is 11.2 Å². The van der Waals surface area contributed by atoms with Gasteiger partial charge in [0.25, 0.3) is 5.56 Å². The minimum absolute atomic E-state index is 0.0112. The van der Waals surface area contributed by atoms with Crippen LogP contribution in [0.25, 0.3) is 11.2 Å². The quantitative estimate of drug-likeness (QED) is 0.492. The predicted molar refractivity (Wildman–Crippen MR) is 101 cm³/mol.